The zero-order chi connectivity index (χ0) is 15.9. The molecule has 0 aliphatic rings. The molecule has 0 aromatic heterocycles. The number of sulfonamides is 1. The summed E-state index contributed by atoms with van der Waals surface area (Å²) in [6, 6.07) is 4.97. The van der Waals surface area contributed by atoms with Crippen molar-refractivity contribution in [1.82, 2.24) is 4.72 Å². The normalized spacial score (nSPS) is 12.9. The fourth-order valence-corrected chi connectivity index (χ4v) is 3.55. The van der Waals surface area contributed by atoms with Crippen LogP contribution >= 0.6 is 0 Å². The van der Waals surface area contributed by atoms with Gasteiger partial charge in [-0.15, -0.1) is 0 Å². The van der Waals surface area contributed by atoms with Gasteiger partial charge in [0.25, 0.3) is 0 Å². The molecule has 1 aromatic carbocycles. The number of rotatable bonds is 8. The first kappa shape index (κ1) is 17.6. The standard InChI is InChI=1S/C15H21FN2O2S/c1-3-4-5-6-8-12(2)18-21(19,20)15-10-7-9-14(16)13(15)11-17/h7,9-10,12,18H,3-6,8H2,1-2H3. The molecule has 116 valence electrons. The lowest BCUT2D eigenvalue weighted by Gasteiger charge is -2.15. The number of nitrogens with zero attached hydrogens (tertiary/aromatic N) is 1. The Morgan fingerprint density at radius 3 is 2.67 bits per heavy atom. The Morgan fingerprint density at radius 2 is 2.05 bits per heavy atom. The van der Waals surface area contributed by atoms with E-state index in [0.29, 0.717) is 0 Å². The van der Waals surface area contributed by atoms with Gasteiger partial charge in [-0.05, 0) is 25.5 Å². The lowest BCUT2D eigenvalue weighted by molar-refractivity contribution is 0.521. The van der Waals surface area contributed by atoms with Crippen LogP contribution in [0.5, 0.6) is 0 Å². The number of unbranched alkanes of at least 4 members (excludes halogenated alkanes) is 3. The van der Waals surface area contributed by atoms with Gasteiger partial charge in [0.1, 0.15) is 22.3 Å². The van der Waals surface area contributed by atoms with Crippen LogP contribution in [-0.2, 0) is 10.0 Å². The summed E-state index contributed by atoms with van der Waals surface area (Å²) in [5, 5.41) is 8.91. The van der Waals surface area contributed by atoms with E-state index in [1.54, 1.807) is 13.0 Å². The molecule has 0 aliphatic carbocycles. The predicted octanol–water partition coefficient (Wildman–Crippen LogP) is 3.33. The maximum Gasteiger partial charge on any atom is 0.242 e. The molecule has 1 N–H and O–H groups in total. The largest absolute Gasteiger partial charge is 0.242 e. The van der Waals surface area contributed by atoms with E-state index in [1.807, 2.05) is 0 Å². The highest BCUT2D eigenvalue weighted by Gasteiger charge is 2.22. The smallest absolute Gasteiger partial charge is 0.208 e. The summed E-state index contributed by atoms with van der Waals surface area (Å²) >= 11 is 0. The van der Waals surface area contributed by atoms with Crippen molar-refractivity contribution in [2.24, 2.45) is 0 Å². The molecule has 0 saturated carbocycles. The first-order valence-electron chi connectivity index (χ1n) is 7.13. The van der Waals surface area contributed by atoms with Gasteiger partial charge >= 0.3 is 0 Å². The summed E-state index contributed by atoms with van der Waals surface area (Å²) in [6.07, 6.45) is 4.96. The summed E-state index contributed by atoms with van der Waals surface area (Å²) in [4.78, 5) is -0.301. The Labute approximate surface area is 126 Å². The fourth-order valence-electron chi connectivity index (χ4n) is 2.10. The molecule has 4 nitrogen and oxygen atoms in total. The van der Waals surface area contributed by atoms with Crippen molar-refractivity contribution < 1.29 is 12.8 Å². The topological polar surface area (TPSA) is 70.0 Å². The van der Waals surface area contributed by atoms with Crippen molar-refractivity contribution >= 4 is 10.0 Å². The number of hydrogen-bond donors (Lipinski definition) is 1. The summed E-state index contributed by atoms with van der Waals surface area (Å²) in [6.45, 7) is 3.88. The van der Waals surface area contributed by atoms with Gasteiger partial charge in [0.2, 0.25) is 10.0 Å². The predicted molar refractivity (Wildman–Crippen MR) is 79.7 cm³/mol. The summed E-state index contributed by atoms with van der Waals surface area (Å²) < 4.78 is 40.5. The maximum atomic E-state index is 13.5. The molecular formula is C15H21FN2O2S. The third-order valence-corrected chi connectivity index (χ3v) is 4.86. The molecule has 0 amide bonds. The molecule has 1 aromatic rings. The Kier molecular flexibility index (Phi) is 6.79. The van der Waals surface area contributed by atoms with Crippen LogP contribution in [0.4, 0.5) is 4.39 Å². The van der Waals surface area contributed by atoms with Crippen molar-refractivity contribution in [3.8, 4) is 6.07 Å². The Morgan fingerprint density at radius 1 is 1.33 bits per heavy atom. The Hall–Kier alpha value is -1.45. The monoisotopic (exact) mass is 312 g/mol. The molecule has 0 saturated heterocycles. The van der Waals surface area contributed by atoms with Crippen LogP contribution < -0.4 is 4.72 Å². The Balaban J connectivity index is 2.79. The van der Waals surface area contributed by atoms with E-state index in [2.05, 4.69) is 11.6 Å². The minimum Gasteiger partial charge on any atom is -0.208 e. The van der Waals surface area contributed by atoms with Crippen molar-refractivity contribution in [3.63, 3.8) is 0 Å². The van der Waals surface area contributed by atoms with E-state index in [0.717, 1.165) is 38.2 Å². The van der Waals surface area contributed by atoms with E-state index >= 15 is 0 Å². The second kappa shape index (κ2) is 8.11. The molecule has 0 spiro atoms. The van der Waals surface area contributed by atoms with E-state index in [1.165, 1.54) is 12.1 Å². The molecule has 0 aliphatic heterocycles. The third kappa shape index (κ3) is 5.10. The van der Waals surface area contributed by atoms with Crippen molar-refractivity contribution in [2.75, 3.05) is 0 Å². The first-order chi connectivity index (χ1) is 9.92. The second-order valence-electron chi connectivity index (χ2n) is 5.10. The van der Waals surface area contributed by atoms with Crippen molar-refractivity contribution in [1.29, 1.82) is 5.26 Å². The summed E-state index contributed by atoms with van der Waals surface area (Å²) in [5.41, 5.74) is -0.441. The van der Waals surface area contributed by atoms with Gasteiger partial charge in [0.05, 0.1) is 0 Å². The van der Waals surface area contributed by atoms with E-state index in [4.69, 9.17) is 5.26 Å². The molecule has 0 heterocycles. The molecule has 1 atom stereocenters. The molecule has 6 heteroatoms. The first-order valence-corrected chi connectivity index (χ1v) is 8.61. The highest BCUT2D eigenvalue weighted by Crippen LogP contribution is 2.18. The van der Waals surface area contributed by atoms with E-state index < -0.39 is 21.4 Å². The summed E-state index contributed by atoms with van der Waals surface area (Å²) in [7, 11) is -3.88. The maximum absolute atomic E-state index is 13.5. The number of halogens is 1. The average molecular weight is 312 g/mol. The van der Waals surface area contributed by atoms with Gasteiger partial charge in [-0.2, -0.15) is 5.26 Å². The lowest BCUT2D eigenvalue weighted by atomic mass is 10.1. The van der Waals surface area contributed by atoms with Crippen LogP contribution in [0.1, 0.15) is 51.5 Å². The zero-order valence-electron chi connectivity index (χ0n) is 12.4. The van der Waals surface area contributed by atoms with Crippen LogP contribution in [0.2, 0.25) is 0 Å². The second-order valence-corrected chi connectivity index (χ2v) is 6.78. The lowest BCUT2D eigenvalue weighted by Crippen LogP contribution is -2.33. The molecule has 1 rings (SSSR count). The van der Waals surface area contributed by atoms with Gasteiger partial charge in [-0.3, -0.25) is 0 Å². The van der Waals surface area contributed by atoms with Crippen molar-refractivity contribution in [2.45, 2.75) is 56.9 Å². The zero-order valence-corrected chi connectivity index (χ0v) is 13.2. The number of hydrogen-bond acceptors (Lipinski definition) is 3. The van der Waals surface area contributed by atoms with Crippen molar-refractivity contribution in [3.05, 3.63) is 29.6 Å². The van der Waals surface area contributed by atoms with Gasteiger partial charge in [-0.25, -0.2) is 17.5 Å². The van der Waals surface area contributed by atoms with Crippen LogP contribution in [0.15, 0.2) is 23.1 Å². The number of benzene rings is 1. The summed E-state index contributed by atoms with van der Waals surface area (Å²) in [5.74, 6) is -0.823. The molecule has 1 unspecified atom stereocenters. The van der Waals surface area contributed by atoms with Gasteiger partial charge in [0, 0.05) is 6.04 Å². The molecular weight excluding hydrogens is 291 g/mol. The fraction of sp³-hybridized carbons (Fsp3) is 0.533. The van der Waals surface area contributed by atoms with Gasteiger partial charge in [-0.1, -0.05) is 38.7 Å². The van der Waals surface area contributed by atoms with Gasteiger partial charge in [0.15, 0.2) is 0 Å². The quantitative estimate of drug-likeness (QED) is 0.748. The minimum atomic E-state index is -3.88. The van der Waals surface area contributed by atoms with E-state index in [-0.39, 0.29) is 10.9 Å². The van der Waals surface area contributed by atoms with Crippen LogP contribution in [-0.4, -0.2) is 14.5 Å². The van der Waals surface area contributed by atoms with Crippen LogP contribution in [0.3, 0.4) is 0 Å². The molecule has 0 bridgehead atoms. The molecule has 0 radical (unpaired) electrons. The number of nitrogens with one attached hydrogen (secondary N) is 1. The molecule has 0 fully saturated rings. The SMILES string of the molecule is CCCCCCC(C)NS(=O)(=O)c1cccc(F)c1C#N. The number of nitriles is 1. The van der Waals surface area contributed by atoms with Gasteiger partial charge < -0.3 is 0 Å². The highest BCUT2D eigenvalue weighted by molar-refractivity contribution is 7.89. The molecule has 21 heavy (non-hydrogen) atoms. The van der Waals surface area contributed by atoms with Crippen LogP contribution in [0.25, 0.3) is 0 Å². The van der Waals surface area contributed by atoms with E-state index in [9.17, 15) is 12.8 Å². The Bertz CT molecular complexity index is 609. The third-order valence-electron chi connectivity index (χ3n) is 3.22. The minimum absolute atomic E-state index is 0.248. The van der Waals surface area contributed by atoms with Crippen LogP contribution in [0, 0.1) is 17.1 Å². The average Bonchev–Trinajstić information content (AvgIpc) is 2.43. The highest BCUT2D eigenvalue weighted by atomic mass is 32.2.